The molecule has 0 saturated carbocycles. The van der Waals surface area contributed by atoms with Crippen LogP contribution in [0.4, 0.5) is 4.39 Å². The Kier molecular flexibility index (Phi) is 3.77. The largest absolute Gasteiger partial charge is 0.506 e. The summed E-state index contributed by atoms with van der Waals surface area (Å²) in [5.41, 5.74) is 1.01. The van der Waals surface area contributed by atoms with E-state index in [1.54, 1.807) is 12.1 Å². The van der Waals surface area contributed by atoms with Gasteiger partial charge in [-0.25, -0.2) is 4.39 Å². The minimum Gasteiger partial charge on any atom is -0.506 e. The van der Waals surface area contributed by atoms with E-state index in [2.05, 4.69) is 4.98 Å². The van der Waals surface area contributed by atoms with Gasteiger partial charge in [0.1, 0.15) is 11.6 Å². The van der Waals surface area contributed by atoms with Crippen molar-refractivity contribution < 1.29 is 19.4 Å². The van der Waals surface area contributed by atoms with Crippen LogP contribution in [0.15, 0.2) is 42.7 Å². The maximum absolute atomic E-state index is 13.0. The number of carbonyl (C=O) groups is 1. The van der Waals surface area contributed by atoms with E-state index in [1.165, 1.54) is 35.5 Å². The molecule has 0 aliphatic carbocycles. The molecule has 2 N–H and O–H groups in total. The van der Waals surface area contributed by atoms with Crippen LogP contribution >= 0.6 is 0 Å². The topological polar surface area (TPSA) is 73.7 Å². The minimum absolute atomic E-state index is 0.0936. The van der Waals surface area contributed by atoms with Crippen LogP contribution in [0.3, 0.4) is 0 Å². The second-order valence-electron chi connectivity index (χ2n) is 5.35. The average Bonchev–Trinajstić information content (AvgIpc) is 2.89. The van der Waals surface area contributed by atoms with Gasteiger partial charge in [-0.1, -0.05) is 12.1 Å². The van der Waals surface area contributed by atoms with Gasteiger partial charge in [-0.2, -0.15) is 0 Å². The van der Waals surface area contributed by atoms with Gasteiger partial charge in [-0.05, 0) is 30.2 Å². The molecular weight excluding hydrogens is 287 g/mol. The lowest BCUT2D eigenvalue weighted by atomic mass is 10.0. The van der Waals surface area contributed by atoms with Crippen LogP contribution in [0.25, 0.3) is 0 Å². The average molecular weight is 302 g/mol. The first-order chi connectivity index (χ1) is 10.5. The summed E-state index contributed by atoms with van der Waals surface area (Å²) in [6.45, 7) is 0.191. The third-order valence-corrected chi connectivity index (χ3v) is 3.77. The molecule has 1 aliphatic rings. The normalized spacial score (nSPS) is 21.1. The van der Waals surface area contributed by atoms with Crippen molar-refractivity contribution in [1.29, 1.82) is 0 Å². The number of likely N-dealkylation sites (tertiary alicyclic amines) is 1. The lowest BCUT2D eigenvalue weighted by Crippen LogP contribution is -2.31. The first-order valence-electron chi connectivity index (χ1n) is 6.93. The Morgan fingerprint density at radius 2 is 2.00 bits per heavy atom. The standard InChI is InChI=1S/C16H15FN2O3/c17-12-3-1-10(2-4-12)15-6-14(21)9-19(15)16(22)11-5-13(20)8-18-7-11/h1-5,7-8,14-15,20-21H,6,9H2/t14-,15+/m1/s1. The Labute approximate surface area is 126 Å². The molecule has 114 valence electrons. The fourth-order valence-electron chi connectivity index (χ4n) is 2.75. The fourth-order valence-corrected chi connectivity index (χ4v) is 2.75. The molecular formula is C16H15FN2O3. The van der Waals surface area contributed by atoms with Crippen molar-refractivity contribution in [2.75, 3.05) is 6.54 Å². The van der Waals surface area contributed by atoms with E-state index in [1.807, 2.05) is 0 Å². The van der Waals surface area contributed by atoms with Crippen molar-refractivity contribution >= 4 is 5.91 Å². The van der Waals surface area contributed by atoms with Crippen LogP contribution < -0.4 is 0 Å². The van der Waals surface area contributed by atoms with Gasteiger partial charge >= 0.3 is 0 Å². The lowest BCUT2D eigenvalue weighted by molar-refractivity contribution is 0.0715. The number of nitrogens with zero attached hydrogens (tertiary/aromatic N) is 2. The molecule has 22 heavy (non-hydrogen) atoms. The fraction of sp³-hybridized carbons (Fsp3) is 0.250. The van der Waals surface area contributed by atoms with Crippen LogP contribution in [0.5, 0.6) is 5.75 Å². The molecule has 1 aromatic carbocycles. The number of hydrogen-bond acceptors (Lipinski definition) is 4. The zero-order valence-corrected chi connectivity index (χ0v) is 11.7. The van der Waals surface area contributed by atoms with Crippen LogP contribution in [0.2, 0.25) is 0 Å². The van der Waals surface area contributed by atoms with Crippen molar-refractivity contribution in [1.82, 2.24) is 9.88 Å². The van der Waals surface area contributed by atoms with Crippen molar-refractivity contribution in [3.8, 4) is 5.75 Å². The van der Waals surface area contributed by atoms with E-state index < -0.39 is 6.10 Å². The number of aliphatic hydroxyl groups is 1. The number of carbonyl (C=O) groups excluding carboxylic acids is 1. The Bertz CT molecular complexity index is 690. The number of aliphatic hydroxyl groups excluding tert-OH is 1. The van der Waals surface area contributed by atoms with Crippen LogP contribution in [-0.4, -0.2) is 38.7 Å². The SMILES string of the molecule is O=C(c1cncc(O)c1)N1C[C@H](O)C[C@H]1c1ccc(F)cc1. The molecule has 1 saturated heterocycles. The third-order valence-electron chi connectivity index (χ3n) is 3.77. The molecule has 3 rings (SSSR count). The van der Waals surface area contributed by atoms with Gasteiger partial charge in [0, 0.05) is 12.7 Å². The Morgan fingerprint density at radius 1 is 1.27 bits per heavy atom. The van der Waals surface area contributed by atoms with E-state index in [0.717, 1.165) is 5.56 Å². The highest BCUT2D eigenvalue weighted by atomic mass is 19.1. The van der Waals surface area contributed by atoms with Gasteiger partial charge in [0.2, 0.25) is 0 Å². The summed E-state index contributed by atoms with van der Waals surface area (Å²) in [5.74, 6) is -0.768. The van der Waals surface area contributed by atoms with E-state index >= 15 is 0 Å². The second-order valence-corrected chi connectivity index (χ2v) is 5.35. The first-order valence-corrected chi connectivity index (χ1v) is 6.93. The summed E-state index contributed by atoms with van der Waals surface area (Å²) in [6.07, 6.45) is 2.37. The summed E-state index contributed by atoms with van der Waals surface area (Å²) in [6, 6.07) is 6.89. The summed E-state index contributed by atoms with van der Waals surface area (Å²) in [4.78, 5) is 17.9. The number of β-amino-alcohol motifs (C(OH)–C–C–N with tert-alkyl or cyclic N) is 1. The predicted molar refractivity (Wildman–Crippen MR) is 76.7 cm³/mol. The molecule has 1 aliphatic heterocycles. The van der Waals surface area contributed by atoms with Crippen molar-refractivity contribution in [2.24, 2.45) is 0 Å². The molecule has 1 aromatic heterocycles. The minimum atomic E-state index is -0.635. The number of pyridine rings is 1. The zero-order valence-electron chi connectivity index (χ0n) is 11.7. The molecule has 0 spiro atoms. The monoisotopic (exact) mass is 302 g/mol. The first kappa shape index (κ1) is 14.5. The molecule has 2 aromatic rings. The number of amides is 1. The maximum atomic E-state index is 13.0. The highest BCUT2D eigenvalue weighted by Crippen LogP contribution is 2.33. The third kappa shape index (κ3) is 2.78. The van der Waals surface area contributed by atoms with Crippen molar-refractivity contribution in [2.45, 2.75) is 18.6 Å². The maximum Gasteiger partial charge on any atom is 0.256 e. The summed E-state index contributed by atoms with van der Waals surface area (Å²) >= 11 is 0. The van der Waals surface area contributed by atoms with E-state index in [-0.39, 0.29) is 35.6 Å². The lowest BCUT2D eigenvalue weighted by Gasteiger charge is -2.24. The summed E-state index contributed by atoms with van der Waals surface area (Å²) in [5, 5.41) is 19.3. The number of hydrogen-bond donors (Lipinski definition) is 2. The Hall–Kier alpha value is -2.47. The van der Waals surface area contributed by atoms with Gasteiger partial charge in [0.05, 0.1) is 23.9 Å². The van der Waals surface area contributed by atoms with Crippen molar-refractivity contribution in [3.63, 3.8) is 0 Å². The van der Waals surface area contributed by atoms with Gasteiger partial charge in [-0.3, -0.25) is 9.78 Å². The summed E-state index contributed by atoms with van der Waals surface area (Å²) in [7, 11) is 0. The van der Waals surface area contributed by atoms with Crippen molar-refractivity contribution in [3.05, 3.63) is 59.7 Å². The molecule has 5 nitrogen and oxygen atoms in total. The number of halogens is 1. The quantitative estimate of drug-likeness (QED) is 0.888. The smallest absolute Gasteiger partial charge is 0.256 e. The van der Waals surface area contributed by atoms with Crippen LogP contribution in [-0.2, 0) is 0 Å². The van der Waals surface area contributed by atoms with Crippen LogP contribution in [0, 0.1) is 5.82 Å². The number of rotatable bonds is 2. The Morgan fingerprint density at radius 3 is 2.68 bits per heavy atom. The molecule has 2 heterocycles. The van der Waals surface area contributed by atoms with Gasteiger partial charge in [-0.15, -0.1) is 0 Å². The molecule has 0 radical (unpaired) electrons. The molecule has 1 amide bonds. The molecule has 2 atom stereocenters. The van der Waals surface area contributed by atoms with E-state index in [9.17, 15) is 19.4 Å². The predicted octanol–water partition coefficient (Wildman–Crippen LogP) is 1.87. The van der Waals surface area contributed by atoms with Gasteiger partial charge < -0.3 is 15.1 Å². The van der Waals surface area contributed by atoms with E-state index in [0.29, 0.717) is 6.42 Å². The molecule has 0 unspecified atom stereocenters. The van der Waals surface area contributed by atoms with Gasteiger partial charge in [0.15, 0.2) is 0 Å². The van der Waals surface area contributed by atoms with E-state index in [4.69, 9.17) is 0 Å². The number of aromatic nitrogens is 1. The summed E-state index contributed by atoms with van der Waals surface area (Å²) < 4.78 is 13.0. The highest BCUT2D eigenvalue weighted by molar-refractivity contribution is 5.94. The van der Waals surface area contributed by atoms with Crippen LogP contribution in [0.1, 0.15) is 28.4 Å². The van der Waals surface area contributed by atoms with Gasteiger partial charge in [0.25, 0.3) is 5.91 Å². The molecule has 0 bridgehead atoms. The zero-order chi connectivity index (χ0) is 15.7. The highest BCUT2D eigenvalue weighted by Gasteiger charge is 2.35. The Balaban J connectivity index is 1.90. The number of aromatic hydroxyl groups is 1. The second kappa shape index (κ2) is 5.73. The molecule has 1 fully saturated rings. The number of benzene rings is 1. The molecule has 6 heteroatoms.